The van der Waals surface area contributed by atoms with Gasteiger partial charge >= 0.3 is 5.97 Å². The van der Waals surface area contributed by atoms with E-state index in [1.807, 2.05) is 6.20 Å². The molecule has 2 aromatic carbocycles. The van der Waals surface area contributed by atoms with E-state index in [1.165, 1.54) is 47.3 Å². The van der Waals surface area contributed by atoms with Gasteiger partial charge in [0.2, 0.25) is 0 Å². The van der Waals surface area contributed by atoms with Gasteiger partial charge < -0.3 is 5.11 Å². The lowest BCUT2D eigenvalue weighted by Crippen LogP contribution is -2.49. The second kappa shape index (κ2) is 8.32. The van der Waals surface area contributed by atoms with Gasteiger partial charge in [0.05, 0.1) is 10.8 Å². The highest BCUT2D eigenvalue weighted by molar-refractivity contribution is 7.18. The summed E-state index contributed by atoms with van der Waals surface area (Å²) in [6, 6.07) is 17.6. The molecule has 1 aromatic heterocycles. The van der Waals surface area contributed by atoms with Crippen LogP contribution in [0.1, 0.15) is 42.7 Å². The van der Waals surface area contributed by atoms with E-state index in [-0.39, 0.29) is 5.92 Å². The zero-order valence-electron chi connectivity index (χ0n) is 17.0. The van der Waals surface area contributed by atoms with Crippen molar-refractivity contribution in [2.45, 2.75) is 38.1 Å². The fourth-order valence-electron chi connectivity index (χ4n) is 4.59. The molecule has 1 aliphatic carbocycles. The van der Waals surface area contributed by atoms with Crippen LogP contribution in [0.15, 0.2) is 54.7 Å². The first-order valence-corrected chi connectivity index (χ1v) is 11.6. The van der Waals surface area contributed by atoms with Crippen LogP contribution >= 0.6 is 11.3 Å². The van der Waals surface area contributed by atoms with Crippen LogP contribution in [0.25, 0.3) is 21.0 Å². The summed E-state index contributed by atoms with van der Waals surface area (Å²) in [6.07, 6.45) is 7.37. The van der Waals surface area contributed by atoms with Crippen LogP contribution < -0.4 is 0 Å². The van der Waals surface area contributed by atoms with Crippen LogP contribution in [-0.2, 0) is 11.3 Å². The van der Waals surface area contributed by atoms with E-state index in [2.05, 4.69) is 58.4 Å². The normalized spacial score (nSPS) is 17.9. The SMILES string of the molecule is O=C(O)C1CN(Cc2ccc(-c3ncc(-c4ccc(C5CCCC5)cc4)s3)cc2)C1. The van der Waals surface area contributed by atoms with Crippen LogP contribution in [0.3, 0.4) is 0 Å². The Morgan fingerprint density at radius 2 is 1.67 bits per heavy atom. The summed E-state index contributed by atoms with van der Waals surface area (Å²) in [7, 11) is 0. The Labute approximate surface area is 181 Å². The van der Waals surface area contributed by atoms with Gasteiger partial charge in [0.1, 0.15) is 5.01 Å². The van der Waals surface area contributed by atoms with Crippen molar-refractivity contribution in [3.8, 4) is 21.0 Å². The number of rotatable bonds is 6. The first-order valence-electron chi connectivity index (χ1n) is 10.8. The first-order chi connectivity index (χ1) is 14.7. The van der Waals surface area contributed by atoms with E-state index >= 15 is 0 Å². The van der Waals surface area contributed by atoms with Gasteiger partial charge in [0.15, 0.2) is 0 Å². The molecule has 5 heteroatoms. The summed E-state index contributed by atoms with van der Waals surface area (Å²) < 4.78 is 0. The number of hydrogen-bond donors (Lipinski definition) is 1. The van der Waals surface area contributed by atoms with E-state index in [9.17, 15) is 4.79 Å². The third-order valence-electron chi connectivity index (χ3n) is 6.44. The largest absolute Gasteiger partial charge is 0.481 e. The molecule has 2 aliphatic rings. The summed E-state index contributed by atoms with van der Waals surface area (Å²) in [4.78, 5) is 19.0. The average Bonchev–Trinajstić information content (AvgIpc) is 3.43. The van der Waals surface area contributed by atoms with Gasteiger partial charge in [-0.1, -0.05) is 61.4 Å². The average molecular weight is 419 g/mol. The Kier molecular flexibility index (Phi) is 5.40. The van der Waals surface area contributed by atoms with Gasteiger partial charge in [-0.05, 0) is 35.4 Å². The second-order valence-electron chi connectivity index (χ2n) is 8.56. The van der Waals surface area contributed by atoms with Crippen molar-refractivity contribution in [1.82, 2.24) is 9.88 Å². The van der Waals surface area contributed by atoms with E-state index in [0.717, 1.165) is 23.0 Å². The molecular weight excluding hydrogens is 392 g/mol. The molecule has 0 radical (unpaired) electrons. The van der Waals surface area contributed by atoms with Crippen molar-refractivity contribution in [2.24, 2.45) is 5.92 Å². The number of nitrogens with zero attached hydrogens (tertiary/aromatic N) is 2. The predicted octanol–water partition coefficient (Wildman–Crippen LogP) is 5.65. The molecule has 3 aromatic rings. The number of aromatic nitrogens is 1. The Hall–Kier alpha value is -2.50. The number of carboxylic acids is 1. The zero-order chi connectivity index (χ0) is 20.5. The third kappa shape index (κ3) is 4.05. The number of benzene rings is 2. The second-order valence-corrected chi connectivity index (χ2v) is 9.59. The zero-order valence-corrected chi connectivity index (χ0v) is 17.8. The minimum absolute atomic E-state index is 0.203. The smallest absolute Gasteiger partial charge is 0.309 e. The molecule has 1 N–H and O–H groups in total. The molecule has 5 rings (SSSR count). The van der Waals surface area contributed by atoms with Crippen molar-refractivity contribution in [3.05, 3.63) is 65.9 Å². The molecule has 0 bridgehead atoms. The third-order valence-corrected chi connectivity index (χ3v) is 7.54. The lowest BCUT2D eigenvalue weighted by molar-refractivity contribution is -0.147. The molecular formula is C25H26N2O2S. The van der Waals surface area contributed by atoms with Gasteiger partial charge in [0, 0.05) is 31.4 Å². The molecule has 1 aliphatic heterocycles. The summed E-state index contributed by atoms with van der Waals surface area (Å²) in [5.41, 5.74) is 5.06. The standard InChI is InChI=1S/C25H26N2O2S/c28-25(29)22-15-27(16-22)14-17-5-7-21(8-6-17)24-26-13-23(30-24)20-11-9-19(10-12-20)18-3-1-2-4-18/h5-13,18,22H,1-4,14-16H2,(H,28,29). The molecule has 0 unspecified atom stereocenters. The van der Waals surface area contributed by atoms with E-state index in [0.29, 0.717) is 13.1 Å². The molecule has 4 nitrogen and oxygen atoms in total. The first kappa shape index (κ1) is 19.5. The van der Waals surface area contributed by atoms with Gasteiger partial charge in [-0.25, -0.2) is 4.98 Å². The van der Waals surface area contributed by atoms with Crippen LogP contribution in [0.2, 0.25) is 0 Å². The van der Waals surface area contributed by atoms with Crippen LogP contribution in [0.5, 0.6) is 0 Å². The molecule has 1 saturated carbocycles. The van der Waals surface area contributed by atoms with E-state index in [4.69, 9.17) is 5.11 Å². The van der Waals surface area contributed by atoms with Crippen molar-refractivity contribution < 1.29 is 9.90 Å². The predicted molar refractivity (Wildman–Crippen MR) is 121 cm³/mol. The fraction of sp³-hybridized carbons (Fsp3) is 0.360. The minimum atomic E-state index is -0.686. The molecule has 1 saturated heterocycles. The van der Waals surface area contributed by atoms with Gasteiger partial charge in [0.25, 0.3) is 0 Å². The Bertz CT molecular complexity index is 1010. The molecule has 2 heterocycles. The number of aliphatic carboxylic acids is 1. The highest BCUT2D eigenvalue weighted by Gasteiger charge is 2.32. The maximum Gasteiger partial charge on any atom is 0.309 e. The summed E-state index contributed by atoms with van der Waals surface area (Å²) in [5.74, 6) is -0.138. The lowest BCUT2D eigenvalue weighted by Gasteiger charge is -2.36. The van der Waals surface area contributed by atoms with Crippen LogP contribution in [0, 0.1) is 5.92 Å². The van der Waals surface area contributed by atoms with Crippen molar-refractivity contribution in [1.29, 1.82) is 0 Å². The molecule has 0 spiro atoms. The van der Waals surface area contributed by atoms with E-state index < -0.39 is 5.97 Å². The van der Waals surface area contributed by atoms with Crippen molar-refractivity contribution in [3.63, 3.8) is 0 Å². The lowest BCUT2D eigenvalue weighted by atomic mass is 9.96. The van der Waals surface area contributed by atoms with E-state index in [1.54, 1.807) is 11.3 Å². The fourth-order valence-corrected chi connectivity index (χ4v) is 5.51. The highest BCUT2D eigenvalue weighted by Crippen LogP contribution is 2.36. The molecule has 2 fully saturated rings. The number of thiazole rings is 1. The van der Waals surface area contributed by atoms with Gasteiger partial charge in [-0.2, -0.15) is 0 Å². The maximum atomic E-state index is 10.9. The Morgan fingerprint density at radius 3 is 2.33 bits per heavy atom. The molecule has 154 valence electrons. The minimum Gasteiger partial charge on any atom is -0.481 e. The van der Waals surface area contributed by atoms with Crippen LogP contribution in [0.4, 0.5) is 0 Å². The monoisotopic (exact) mass is 418 g/mol. The highest BCUT2D eigenvalue weighted by atomic mass is 32.1. The van der Waals surface area contributed by atoms with Crippen molar-refractivity contribution in [2.75, 3.05) is 13.1 Å². The van der Waals surface area contributed by atoms with Crippen LogP contribution in [-0.4, -0.2) is 34.0 Å². The quantitative estimate of drug-likeness (QED) is 0.562. The molecule has 0 atom stereocenters. The Morgan fingerprint density at radius 1 is 1.00 bits per heavy atom. The number of carboxylic acid groups (broad SMARTS) is 1. The molecule has 30 heavy (non-hydrogen) atoms. The summed E-state index contributed by atoms with van der Waals surface area (Å²) >= 11 is 1.73. The number of carbonyl (C=O) groups is 1. The van der Waals surface area contributed by atoms with Crippen molar-refractivity contribution >= 4 is 17.3 Å². The maximum absolute atomic E-state index is 10.9. The number of hydrogen-bond acceptors (Lipinski definition) is 4. The topological polar surface area (TPSA) is 53.4 Å². The summed E-state index contributed by atoms with van der Waals surface area (Å²) in [5, 5.41) is 10.0. The van der Waals surface area contributed by atoms with Gasteiger partial charge in [-0.3, -0.25) is 9.69 Å². The Balaban J connectivity index is 1.23. The molecule has 0 amide bonds. The number of likely N-dealkylation sites (tertiary alicyclic amines) is 1. The van der Waals surface area contributed by atoms with Gasteiger partial charge in [-0.15, -0.1) is 11.3 Å². The summed E-state index contributed by atoms with van der Waals surface area (Å²) in [6.45, 7) is 2.10.